The molecule has 1 aromatic rings. The molecule has 0 saturated carbocycles. The van der Waals surface area contributed by atoms with Gasteiger partial charge in [-0.25, -0.2) is 14.8 Å². The van der Waals surface area contributed by atoms with Crippen molar-refractivity contribution in [1.29, 1.82) is 0 Å². The van der Waals surface area contributed by atoms with Crippen molar-refractivity contribution < 1.29 is 19.7 Å². The van der Waals surface area contributed by atoms with E-state index in [0.717, 1.165) is 23.6 Å². The summed E-state index contributed by atoms with van der Waals surface area (Å²) in [6.45, 7) is 5.05. The molecule has 24 heavy (non-hydrogen) atoms. The maximum atomic E-state index is 11.3. The van der Waals surface area contributed by atoms with Crippen LogP contribution >= 0.6 is 0 Å². The first-order valence-electron chi connectivity index (χ1n) is 8.42. The molecule has 0 bridgehead atoms. The van der Waals surface area contributed by atoms with Crippen molar-refractivity contribution in [3.8, 4) is 0 Å². The number of nitrogens with zero attached hydrogens (tertiary/aromatic N) is 4. The van der Waals surface area contributed by atoms with Crippen LogP contribution in [0.2, 0.25) is 0 Å². The maximum absolute atomic E-state index is 11.3. The zero-order valence-electron chi connectivity index (χ0n) is 13.9. The van der Waals surface area contributed by atoms with Crippen molar-refractivity contribution in [3.05, 3.63) is 17.1 Å². The van der Waals surface area contributed by atoms with Gasteiger partial charge in [-0.05, 0) is 19.8 Å². The summed E-state index contributed by atoms with van der Waals surface area (Å²) >= 11 is 0. The topological polar surface area (TPSA) is 99.0 Å². The summed E-state index contributed by atoms with van der Waals surface area (Å²) in [6.07, 6.45) is 0.890. The minimum absolute atomic E-state index is 0.0883. The molecule has 3 rings (SSSR count). The normalized spacial score (nSPS) is 20.8. The number of aromatic nitrogens is 2. The second kappa shape index (κ2) is 7.31. The predicted octanol–water partition coefficient (Wildman–Crippen LogP) is 0.663. The van der Waals surface area contributed by atoms with E-state index in [1.807, 2.05) is 0 Å². The minimum Gasteiger partial charge on any atom is -0.465 e. The quantitative estimate of drug-likeness (QED) is 0.833. The fourth-order valence-corrected chi connectivity index (χ4v) is 3.25. The van der Waals surface area contributed by atoms with E-state index < -0.39 is 6.09 Å². The van der Waals surface area contributed by atoms with Crippen molar-refractivity contribution in [1.82, 2.24) is 14.9 Å². The zero-order valence-corrected chi connectivity index (χ0v) is 13.9. The van der Waals surface area contributed by atoms with Gasteiger partial charge in [0.2, 0.25) is 0 Å². The second-order valence-corrected chi connectivity index (χ2v) is 6.29. The molecule has 2 aliphatic heterocycles. The van der Waals surface area contributed by atoms with Gasteiger partial charge in [0.15, 0.2) is 0 Å². The average Bonchev–Trinajstić information content (AvgIpc) is 2.59. The Labute approximate surface area is 141 Å². The third kappa shape index (κ3) is 3.44. The van der Waals surface area contributed by atoms with E-state index in [-0.39, 0.29) is 12.6 Å². The SMILES string of the molecule is C[C@H]1COCCN1c1nc(CCCO)nc2c1CCN(C(=O)O)C2. The van der Waals surface area contributed by atoms with Gasteiger partial charge in [0, 0.05) is 31.7 Å². The molecular formula is C16H24N4O4. The number of rotatable bonds is 4. The molecule has 8 nitrogen and oxygen atoms in total. The van der Waals surface area contributed by atoms with E-state index in [2.05, 4.69) is 16.8 Å². The first-order chi connectivity index (χ1) is 11.6. The van der Waals surface area contributed by atoms with Crippen molar-refractivity contribution >= 4 is 11.9 Å². The molecule has 1 fully saturated rings. The number of hydrogen-bond acceptors (Lipinski definition) is 6. The van der Waals surface area contributed by atoms with Gasteiger partial charge in [0.25, 0.3) is 0 Å². The fourth-order valence-electron chi connectivity index (χ4n) is 3.25. The predicted molar refractivity (Wildman–Crippen MR) is 87.2 cm³/mol. The van der Waals surface area contributed by atoms with Crippen LogP contribution in [0.4, 0.5) is 10.6 Å². The molecule has 1 aromatic heterocycles. The highest BCUT2D eigenvalue weighted by molar-refractivity contribution is 5.66. The molecule has 0 aromatic carbocycles. The fraction of sp³-hybridized carbons (Fsp3) is 0.688. The third-order valence-electron chi connectivity index (χ3n) is 4.56. The van der Waals surface area contributed by atoms with Crippen molar-refractivity contribution in [2.45, 2.75) is 38.8 Å². The number of carbonyl (C=O) groups is 1. The molecule has 2 aliphatic rings. The molecule has 1 atom stereocenters. The van der Waals surface area contributed by atoms with Gasteiger partial charge in [-0.2, -0.15) is 0 Å². The highest BCUT2D eigenvalue weighted by Crippen LogP contribution is 2.29. The summed E-state index contributed by atoms with van der Waals surface area (Å²) in [5, 5.41) is 18.3. The van der Waals surface area contributed by atoms with Crippen LogP contribution in [0.1, 0.15) is 30.4 Å². The van der Waals surface area contributed by atoms with Crippen LogP contribution in [0.3, 0.4) is 0 Å². The molecule has 0 radical (unpaired) electrons. The Bertz CT molecular complexity index is 610. The molecular weight excluding hydrogens is 312 g/mol. The van der Waals surface area contributed by atoms with Crippen LogP contribution in [-0.4, -0.2) is 70.1 Å². The molecule has 0 aliphatic carbocycles. The summed E-state index contributed by atoms with van der Waals surface area (Å²) in [5.41, 5.74) is 1.84. The number of ether oxygens (including phenoxy) is 1. The molecule has 1 saturated heterocycles. The number of morpholine rings is 1. The number of aliphatic hydroxyl groups is 1. The summed E-state index contributed by atoms with van der Waals surface area (Å²) in [7, 11) is 0. The van der Waals surface area contributed by atoms with Crippen LogP contribution in [0.25, 0.3) is 0 Å². The standard InChI is InChI=1S/C16H24N4O4/c1-11-10-24-8-6-20(11)15-12-4-5-19(16(22)23)9-13(12)17-14(18-15)3-2-7-21/h11,21H,2-10H2,1H3,(H,22,23)/t11-/m0/s1. The van der Waals surface area contributed by atoms with Gasteiger partial charge < -0.3 is 24.7 Å². The van der Waals surface area contributed by atoms with Crippen molar-refractivity contribution in [3.63, 3.8) is 0 Å². The van der Waals surface area contributed by atoms with Gasteiger partial charge in [0.1, 0.15) is 11.6 Å². The zero-order chi connectivity index (χ0) is 17.1. The van der Waals surface area contributed by atoms with E-state index in [1.165, 1.54) is 4.90 Å². The Morgan fingerprint density at radius 3 is 2.92 bits per heavy atom. The molecule has 132 valence electrons. The van der Waals surface area contributed by atoms with Crippen molar-refractivity contribution in [2.75, 3.05) is 37.8 Å². The van der Waals surface area contributed by atoms with Crippen LogP contribution in [-0.2, 0) is 24.1 Å². The number of hydrogen-bond donors (Lipinski definition) is 2. The molecule has 0 unspecified atom stereocenters. The Hall–Kier alpha value is -1.93. The third-order valence-corrected chi connectivity index (χ3v) is 4.56. The number of aryl methyl sites for hydroxylation is 1. The summed E-state index contributed by atoms with van der Waals surface area (Å²) in [6, 6.07) is 0.223. The Morgan fingerprint density at radius 1 is 1.38 bits per heavy atom. The lowest BCUT2D eigenvalue weighted by Gasteiger charge is -2.37. The van der Waals surface area contributed by atoms with Gasteiger partial charge >= 0.3 is 6.09 Å². The number of amides is 1. The van der Waals surface area contributed by atoms with Crippen LogP contribution in [0, 0.1) is 0 Å². The lowest BCUT2D eigenvalue weighted by Crippen LogP contribution is -2.46. The van der Waals surface area contributed by atoms with Gasteiger partial charge in [-0.15, -0.1) is 0 Å². The molecule has 3 heterocycles. The summed E-state index contributed by atoms with van der Waals surface area (Å²) in [5.74, 6) is 1.58. The lowest BCUT2D eigenvalue weighted by atomic mass is 10.0. The van der Waals surface area contributed by atoms with Crippen LogP contribution < -0.4 is 4.90 Å². The number of aliphatic hydroxyl groups excluding tert-OH is 1. The smallest absolute Gasteiger partial charge is 0.407 e. The number of fused-ring (bicyclic) bond motifs is 1. The van der Waals surface area contributed by atoms with E-state index in [4.69, 9.17) is 14.8 Å². The maximum Gasteiger partial charge on any atom is 0.407 e. The highest BCUT2D eigenvalue weighted by Gasteiger charge is 2.29. The van der Waals surface area contributed by atoms with E-state index >= 15 is 0 Å². The van der Waals surface area contributed by atoms with Crippen LogP contribution in [0.5, 0.6) is 0 Å². The first kappa shape index (κ1) is 16.9. The van der Waals surface area contributed by atoms with E-state index in [1.54, 1.807) is 0 Å². The van der Waals surface area contributed by atoms with E-state index in [9.17, 15) is 9.90 Å². The molecule has 0 spiro atoms. The summed E-state index contributed by atoms with van der Waals surface area (Å²) in [4.78, 5) is 24.2. The van der Waals surface area contributed by atoms with Gasteiger partial charge in [-0.3, -0.25) is 0 Å². The Morgan fingerprint density at radius 2 is 2.21 bits per heavy atom. The van der Waals surface area contributed by atoms with Gasteiger partial charge in [-0.1, -0.05) is 0 Å². The van der Waals surface area contributed by atoms with Crippen LogP contribution in [0.15, 0.2) is 0 Å². The Balaban J connectivity index is 1.97. The largest absolute Gasteiger partial charge is 0.465 e. The van der Waals surface area contributed by atoms with Crippen molar-refractivity contribution in [2.24, 2.45) is 0 Å². The molecule has 2 N–H and O–H groups in total. The summed E-state index contributed by atoms with van der Waals surface area (Å²) < 4.78 is 5.52. The Kier molecular flexibility index (Phi) is 5.15. The monoisotopic (exact) mass is 336 g/mol. The molecule has 8 heteroatoms. The average molecular weight is 336 g/mol. The van der Waals surface area contributed by atoms with Gasteiger partial charge in [0.05, 0.1) is 31.5 Å². The number of anilines is 1. The van der Waals surface area contributed by atoms with E-state index in [0.29, 0.717) is 51.4 Å². The molecule has 1 amide bonds. The highest BCUT2D eigenvalue weighted by atomic mass is 16.5. The minimum atomic E-state index is -0.919. The number of carboxylic acid groups (broad SMARTS) is 1. The lowest BCUT2D eigenvalue weighted by molar-refractivity contribution is 0.0982. The first-order valence-corrected chi connectivity index (χ1v) is 8.42. The second-order valence-electron chi connectivity index (χ2n) is 6.29.